The second-order valence-corrected chi connectivity index (χ2v) is 5.67. The Balaban J connectivity index is 1.63. The number of hydrogen-bond donors (Lipinski definition) is 2. The molecule has 0 spiro atoms. The van der Waals surface area contributed by atoms with Gasteiger partial charge in [-0.15, -0.1) is 0 Å². The molecular formula is C15H22N6O. The molecule has 3 N–H and O–H groups in total. The Morgan fingerprint density at radius 1 is 1.36 bits per heavy atom. The first-order valence-corrected chi connectivity index (χ1v) is 7.59. The maximum Gasteiger partial charge on any atom is 0.222 e. The SMILES string of the molecule is Cc1cc(C)n(CCNc2cc(C3CCOC3)nc(N)n2)n1. The molecule has 1 atom stereocenters. The topological polar surface area (TPSA) is 90.9 Å². The number of nitrogens with two attached hydrogens (primary N) is 1. The highest BCUT2D eigenvalue weighted by molar-refractivity contribution is 5.41. The van der Waals surface area contributed by atoms with Crippen LogP contribution in [0.1, 0.15) is 29.4 Å². The summed E-state index contributed by atoms with van der Waals surface area (Å²) < 4.78 is 7.40. The van der Waals surface area contributed by atoms with Crippen LogP contribution in [0.25, 0.3) is 0 Å². The van der Waals surface area contributed by atoms with E-state index >= 15 is 0 Å². The minimum absolute atomic E-state index is 0.304. The Kier molecular flexibility index (Phi) is 4.24. The first-order chi connectivity index (χ1) is 10.6. The lowest BCUT2D eigenvalue weighted by Crippen LogP contribution is -2.15. The van der Waals surface area contributed by atoms with Crippen molar-refractivity contribution in [2.75, 3.05) is 30.8 Å². The average Bonchev–Trinajstić information content (AvgIpc) is 3.09. The molecule has 3 rings (SSSR count). The van der Waals surface area contributed by atoms with Crippen LogP contribution in [0, 0.1) is 13.8 Å². The van der Waals surface area contributed by atoms with Crippen molar-refractivity contribution in [2.45, 2.75) is 32.7 Å². The van der Waals surface area contributed by atoms with Crippen LogP contribution in [0.3, 0.4) is 0 Å². The highest BCUT2D eigenvalue weighted by Gasteiger charge is 2.20. The van der Waals surface area contributed by atoms with Gasteiger partial charge in [0.1, 0.15) is 5.82 Å². The zero-order valence-electron chi connectivity index (χ0n) is 13.0. The Bertz CT molecular complexity index is 647. The smallest absolute Gasteiger partial charge is 0.222 e. The van der Waals surface area contributed by atoms with Crippen LogP contribution >= 0.6 is 0 Å². The molecule has 0 aromatic carbocycles. The van der Waals surface area contributed by atoms with Crippen molar-refractivity contribution in [1.82, 2.24) is 19.7 Å². The van der Waals surface area contributed by atoms with Gasteiger partial charge in [0.05, 0.1) is 24.5 Å². The Labute approximate surface area is 129 Å². The summed E-state index contributed by atoms with van der Waals surface area (Å²) in [6, 6.07) is 4.04. The van der Waals surface area contributed by atoms with Crippen LogP contribution in [0.15, 0.2) is 12.1 Å². The fourth-order valence-electron chi connectivity index (χ4n) is 2.74. The minimum atomic E-state index is 0.304. The van der Waals surface area contributed by atoms with E-state index in [4.69, 9.17) is 10.5 Å². The summed E-state index contributed by atoms with van der Waals surface area (Å²) in [4.78, 5) is 8.58. The lowest BCUT2D eigenvalue weighted by atomic mass is 10.0. The summed E-state index contributed by atoms with van der Waals surface area (Å²) in [6.45, 7) is 7.07. The van der Waals surface area contributed by atoms with E-state index < -0.39 is 0 Å². The van der Waals surface area contributed by atoms with E-state index in [9.17, 15) is 0 Å². The standard InChI is InChI=1S/C15H22N6O/c1-10-7-11(2)21(20-10)5-4-17-14-8-13(18-15(16)19-14)12-3-6-22-9-12/h7-8,12H,3-6,9H2,1-2H3,(H3,16,17,18,19). The molecule has 2 aromatic heterocycles. The van der Waals surface area contributed by atoms with Gasteiger partial charge in [-0.3, -0.25) is 4.68 Å². The predicted molar refractivity (Wildman–Crippen MR) is 84.8 cm³/mol. The van der Waals surface area contributed by atoms with Crippen LogP contribution in [0.5, 0.6) is 0 Å². The molecule has 1 fully saturated rings. The van der Waals surface area contributed by atoms with Crippen LogP contribution < -0.4 is 11.1 Å². The quantitative estimate of drug-likeness (QED) is 0.869. The number of rotatable bonds is 5. The van der Waals surface area contributed by atoms with Crippen molar-refractivity contribution in [1.29, 1.82) is 0 Å². The monoisotopic (exact) mass is 302 g/mol. The number of nitrogen functional groups attached to an aromatic ring is 1. The van der Waals surface area contributed by atoms with Gasteiger partial charge in [0.2, 0.25) is 5.95 Å². The van der Waals surface area contributed by atoms with Gasteiger partial charge in [0, 0.05) is 30.8 Å². The molecule has 1 saturated heterocycles. The van der Waals surface area contributed by atoms with Crippen LogP contribution in [-0.2, 0) is 11.3 Å². The summed E-state index contributed by atoms with van der Waals surface area (Å²) in [6.07, 6.45) is 0.988. The third-order valence-corrected chi connectivity index (χ3v) is 3.84. The molecule has 0 amide bonds. The molecule has 7 nitrogen and oxygen atoms in total. The molecule has 1 aliphatic rings. The largest absolute Gasteiger partial charge is 0.381 e. The maximum absolute atomic E-state index is 5.82. The van der Waals surface area contributed by atoms with Crippen molar-refractivity contribution in [3.8, 4) is 0 Å². The van der Waals surface area contributed by atoms with E-state index in [2.05, 4.69) is 33.4 Å². The summed E-state index contributed by atoms with van der Waals surface area (Å²) in [7, 11) is 0. The molecule has 1 aliphatic heterocycles. The Morgan fingerprint density at radius 2 is 2.23 bits per heavy atom. The fraction of sp³-hybridized carbons (Fsp3) is 0.533. The second kappa shape index (κ2) is 6.31. The number of nitrogens with one attached hydrogen (secondary N) is 1. The van der Waals surface area contributed by atoms with Crippen LogP contribution in [0.2, 0.25) is 0 Å². The molecule has 0 bridgehead atoms. The van der Waals surface area contributed by atoms with E-state index in [-0.39, 0.29) is 0 Å². The predicted octanol–water partition coefficient (Wildman–Crippen LogP) is 1.49. The zero-order valence-corrected chi connectivity index (χ0v) is 13.0. The number of nitrogens with zero attached hydrogens (tertiary/aromatic N) is 4. The number of aromatic nitrogens is 4. The summed E-state index contributed by atoms with van der Waals surface area (Å²) in [5, 5.41) is 7.74. The number of hydrogen-bond acceptors (Lipinski definition) is 6. The number of aryl methyl sites for hydroxylation is 2. The van der Waals surface area contributed by atoms with Crippen LogP contribution in [0.4, 0.5) is 11.8 Å². The molecule has 3 heterocycles. The minimum Gasteiger partial charge on any atom is -0.381 e. The Morgan fingerprint density at radius 3 is 2.91 bits per heavy atom. The average molecular weight is 302 g/mol. The van der Waals surface area contributed by atoms with E-state index in [1.54, 1.807) is 0 Å². The van der Waals surface area contributed by atoms with Crippen molar-refractivity contribution in [3.05, 3.63) is 29.2 Å². The molecule has 1 unspecified atom stereocenters. The van der Waals surface area contributed by atoms with Crippen LogP contribution in [-0.4, -0.2) is 39.5 Å². The van der Waals surface area contributed by atoms with Crippen molar-refractivity contribution < 1.29 is 4.74 Å². The normalized spacial score (nSPS) is 17.8. The Hall–Kier alpha value is -2.15. The van der Waals surface area contributed by atoms with Gasteiger partial charge in [-0.1, -0.05) is 0 Å². The van der Waals surface area contributed by atoms with Crippen molar-refractivity contribution in [3.63, 3.8) is 0 Å². The molecule has 0 saturated carbocycles. The van der Waals surface area contributed by atoms with Gasteiger partial charge in [-0.25, -0.2) is 4.98 Å². The molecule has 2 aromatic rings. The van der Waals surface area contributed by atoms with Gasteiger partial charge in [-0.2, -0.15) is 10.1 Å². The summed E-state index contributed by atoms with van der Waals surface area (Å²) >= 11 is 0. The first kappa shape index (κ1) is 14.8. The molecule has 0 radical (unpaired) electrons. The molecule has 22 heavy (non-hydrogen) atoms. The van der Waals surface area contributed by atoms with Gasteiger partial charge < -0.3 is 15.8 Å². The summed E-state index contributed by atoms with van der Waals surface area (Å²) in [5.41, 5.74) is 8.97. The van der Waals surface area contributed by atoms with Gasteiger partial charge >= 0.3 is 0 Å². The lowest BCUT2D eigenvalue weighted by molar-refractivity contribution is 0.193. The molecule has 118 valence electrons. The molecule has 0 aliphatic carbocycles. The van der Waals surface area contributed by atoms with Gasteiger partial charge in [0.15, 0.2) is 0 Å². The van der Waals surface area contributed by atoms with E-state index in [1.165, 1.54) is 0 Å². The first-order valence-electron chi connectivity index (χ1n) is 7.59. The third kappa shape index (κ3) is 3.36. The lowest BCUT2D eigenvalue weighted by Gasteiger charge is -2.11. The van der Waals surface area contributed by atoms with E-state index in [1.807, 2.05) is 17.7 Å². The highest BCUT2D eigenvalue weighted by atomic mass is 16.5. The maximum atomic E-state index is 5.82. The number of ether oxygens (including phenoxy) is 1. The fourth-order valence-corrected chi connectivity index (χ4v) is 2.74. The highest BCUT2D eigenvalue weighted by Crippen LogP contribution is 2.25. The summed E-state index contributed by atoms with van der Waals surface area (Å²) in [5.74, 6) is 1.39. The van der Waals surface area contributed by atoms with Crippen molar-refractivity contribution >= 4 is 11.8 Å². The van der Waals surface area contributed by atoms with Gasteiger partial charge in [0.25, 0.3) is 0 Å². The van der Waals surface area contributed by atoms with Gasteiger partial charge in [-0.05, 0) is 26.3 Å². The van der Waals surface area contributed by atoms with E-state index in [0.717, 1.165) is 49.0 Å². The number of anilines is 2. The van der Waals surface area contributed by atoms with Crippen molar-refractivity contribution in [2.24, 2.45) is 0 Å². The zero-order chi connectivity index (χ0) is 15.5. The third-order valence-electron chi connectivity index (χ3n) is 3.84. The second-order valence-electron chi connectivity index (χ2n) is 5.67. The molecular weight excluding hydrogens is 280 g/mol. The van der Waals surface area contributed by atoms with E-state index in [0.29, 0.717) is 18.5 Å². The molecule has 7 heteroatoms.